The Labute approximate surface area is 95.5 Å². The standard InChI is InChI=1S/C12H18N2O2/c1-2-4-9(13)7-12(16)14-10-5-3-6-11(15)8-10/h3,5-6,8-9,15H,2,4,7,13H2,1H3,(H,14,16). The zero-order valence-corrected chi connectivity index (χ0v) is 9.44. The third-order valence-electron chi connectivity index (χ3n) is 2.24. The molecule has 0 bridgehead atoms. The molecule has 0 saturated carbocycles. The van der Waals surface area contributed by atoms with Crippen molar-refractivity contribution in [1.82, 2.24) is 0 Å². The lowest BCUT2D eigenvalue weighted by Crippen LogP contribution is -2.26. The molecule has 0 fully saturated rings. The van der Waals surface area contributed by atoms with Gasteiger partial charge in [-0.3, -0.25) is 4.79 Å². The minimum atomic E-state index is -0.119. The minimum absolute atomic E-state index is 0.0951. The zero-order valence-electron chi connectivity index (χ0n) is 9.44. The van der Waals surface area contributed by atoms with E-state index < -0.39 is 0 Å². The lowest BCUT2D eigenvalue weighted by Gasteiger charge is -2.10. The van der Waals surface area contributed by atoms with Gasteiger partial charge in [0.1, 0.15) is 5.75 Å². The maximum absolute atomic E-state index is 11.5. The van der Waals surface area contributed by atoms with Crippen molar-refractivity contribution in [2.45, 2.75) is 32.2 Å². The molecule has 0 spiro atoms. The highest BCUT2D eigenvalue weighted by atomic mass is 16.3. The molecule has 0 aromatic heterocycles. The molecule has 0 aliphatic rings. The largest absolute Gasteiger partial charge is 0.508 e. The molecular weight excluding hydrogens is 204 g/mol. The summed E-state index contributed by atoms with van der Waals surface area (Å²) in [6, 6.07) is 6.36. The molecule has 0 heterocycles. The van der Waals surface area contributed by atoms with E-state index in [2.05, 4.69) is 5.32 Å². The van der Waals surface area contributed by atoms with E-state index in [1.54, 1.807) is 18.2 Å². The Balaban J connectivity index is 2.45. The molecule has 0 radical (unpaired) electrons. The number of benzene rings is 1. The maximum Gasteiger partial charge on any atom is 0.225 e. The molecule has 4 heteroatoms. The van der Waals surface area contributed by atoms with Crippen LogP contribution in [0.5, 0.6) is 5.75 Å². The van der Waals surface area contributed by atoms with E-state index in [0.29, 0.717) is 12.1 Å². The van der Waals surface area contributed by atoms with E-state index in [0.717, 1.165) is 12.8 Å². The number of anilines is 1. The number of phenols is 1. The smallest absolute Gasteiger partial charge is 0.225 e. The Morgan fingerprint density at radius 3 is 2.94 bits per heavy atom. The second-order valence-corrected chi connectivity index (χ2v) is 3.85. The van der Waals surface area contributed by atoms with Crippen LogP contribution in [0, 0.1) is 0 Å². The first kappa shape index (κ1) is 12.5. The van der Waals surface area contributed by atoms with Gasteiger partial charge in [-0.05, 0) is 18.6 Å². The molecular formula is C12H18N2O2. The molecule has 0 aliphatic carbocycles. The van der Waals surface area contributed by atoms with Crippen LogP contribution in [-0.2, 0) is 4.79 Å². The molecule has 1 unspecified atom stereocenters. The van der Waals surface area contributed by atoms with Gasteiger partial charge in [-0.1, -0.05) is 19.4 Å². The highest BCUT2D eigenvalue weighted by Gasteiger charge is 2.08. The van der Waals surface area contributed by atoms with E-state index in [1.165, 1.54) is 6.07 Å². The molecule has 1 aromatic carbocycles. The van der Waals surface area contributed by atoms with Crippen molar-refractivity contribution in [3.8, 4) is 5.75 Å². The van der Waals surface area contributed by atoms with Gasteiger partial charge in [0, 0.05) is 24.2 Å². The van der Waals surface area contributed by atoms with Gasteiger partial charge in [0.15, 0.2) is 0 Å². The lowest BCUT2D eigenvalue weighted by molar-refractivity contribution is -0.116. The summed E-state index contributed by atoms with van der Waals surface area (Å²) < 4.78 is 0. The number of aromatic hydroxyl groups is 1. The first-order chi connectivity index (χ1) is 7.61. The quantitative estimate of drug-likeness (QED) is 0.711. The van der Waals surface area contributed by atoms with E-state index in [4.69, 9.17) is 5.73 Å². The number of hydrogen-bond donors (Lipinski definition) is 3. The number of amides is 1. The topological polar surface area (TPSA) is 75.4 Å². The summed E-state index contributed by atoms with van der Waals surface area (Å²) in [5, 5.41) is 11.9. The van der Waals surface area contributed by atoms with Gasteiger partial charge in [-0.15, -0.1) is 0 Å². The van der Waals surface area contributed by atoms with Gasteiger partial charge >= 0.3 is 0 Å². The molecule has 4 nitrogen and oxygen atoms in total. The van der Waals surface area contributed by atoms with Gasteiger partial charge in [0.2, 0.25) is 5.91 Å². The first-order valence-electron chi connectivity index (χ1n) is 5.46. The van der Waals surface area contributed by atoms with E-state index in [1.807, 2.05) is 6.92 Å². The van der Waals surface area contributed by atoms with E-state index >= 15 is 0 Å². The molecule has 1 aromatic rings. The first-order valence-corrected chi connectivity index (χ1v) is 5.46. The number of nitrogens with two attached hydrogens (primary N) is 1. The summed E-state index contributed by atoms with van der Waals surface area (Å²) in [7, 11) is 0. The Bertz CT molecular complexity index is 353. The van der Waals surface area contributed by atoms with Crippen molar-refractivity contribution in [1.29, 1.82) is 0 Å². The molecule has 1 amide bonds. The predicted octanol–water partition coefficient (Wildman–Crippen LogP) is 1.85. The van der Waals surface area contributed by atoms with Crippen LogP contribution >= 0.6 is 0 Å². The second kappa shape index (κ2) is 6.12. The van der Waals surface area contributed by atoms with Gasteiger partial charge in [-0.2, -0.15) is 0 Å². The summed E-state index contributed by atoms with van der Waals surface area (Å²) in [5.74, 6) is 0.0159. The van der Waals surface area contributed by atoms with Crippen LogP contribution in [0.2, 0.25) is 0 Å². The maximum atomic E-state index is 11.5. The van der Waals surface area contributed by atoms with Crippen LogP contribution in [0.25, 0.3) is 0 Å². The zero-order chi connectivity index (χ0) is 12.0. The highest BCUT2D eigenvalue weighted by Crippen LogP contribution is 2.15. The third-order valence-corrected chi connectivity index (χ3v) is 2.24. The molecule has 0 saturated heterocycles. The van der Waals surface area contributed by atoms with Crippen molar-refractivity contribution >= 4 is 11.6 Å². The fourth-order valence-electron chi connectivity index (χ4n) is 1.51. The Kier molecular flexibility index (Phi) is 4.79. The Morgan fingerprint density at radius 1 is 1.56 bits per heavy atom. The number of rotatable bonds is 5. The molecule has 88 valence electrons. The van der Waals surface area contributed by atoms with Gasteiger partial charge in [0.25, 0.3) is 0 Å². The van der Waals surface area contributed by atoms with Gasteiger partial charge in [0.05, 0.1) is 0 Å². The normalized spacial score (nSPS) is 12.1. The molecule has 4 N–H and O–H groups in total. The Morgan fingerprint density at radius 2 is 2.31 bits per heavy atom. The summed E-state index contributed by atoms with van der Waals surface area (Å²) in [5.41, 5.74) is 6.35. The van der Waals surface area contributed by atoms with Crippen molar-refractivity contribution in [2.24, 2.45) is 5.73 Å². The summed E-state index contributed by atoms with van der Waals surface area (Å²) >= 11 is 0. The fraction of sp³-hybridized carbons (Fsp3) is 0.417. The van der Waals surface area contributed by atoms with Crippen LogP contribution in [0.3, 0.4) is 0 Å². The minimum Gasteiger partial charge on any atom is -0.508 e. The summed E-state index contributed by atoms with van der Waals surface area (Å²) in [6.07, 6.45) is 2.12. The van der Waals surface area contributed by atoms with Crippen LogP contribution < -0.4 is 11.1 Å². The summed E-state index contributed by atoms with van der Waals surface area (Å²) in [6.45, 7) is 2.03. The monoisotopic (exact) mass is 222 g/mol. The molecule has 1 rings (SSSR count). The van der Waals surface area contributed by atoms with Crippen LogP contribution in [0.1, 0.15) is 26.2 Å². The van der Waals surface area contributed by atoms with Crippen molar-refractivity contribution in [3.63, 3.8) is 0 Å². The summed E-state index contributed by atoms with van der Waals surface area (Å²) in [4.78, 5) is 11.5. The third kappa shape index (κ3) is 4.31. The highest BCUT2D eigenvalue weighted by molar-refractivity contribution is 5.91. The van der Waals surface area contributed by atoms with Gasteiger partial charge < -0.3 is 16.2 Å². The number of nitrogens with one attached hydrogen (secondary N) is 1. The Hall–Kier alpha value is -1.55. The van der Waals surface area contributed by atoms with Crippen LogP contribution in [0.15, 0.2) is 24.3 Å². The number of hydrogen-bond acceptors (Lipinski definition) is 3. The number of phenolic OH excluding ortho intramolecular Hbond substituents is 1. The number of carbonyl (C=O) groups excluding carboxylic acids is 1. The van der Waals surface area contributed by atoms with E-state index in [9.17, 15) is 9.90 Å². The fourth-order valence-corrected chi connectivity index (χ4v) is 1.51. The molecule has 0 aliphatic heterocycles. The average Bonchev–Trinajstić information content (AvgIpc) is 2.17. The predicted molar refractivity (Wildman–Crippen MR) is 64.2 cm³/mol. The van der Waals surface area contributed by atoms with Crippen LogP contribution in [0.4, 0.5) is 5.69 Å². The van der Waals surface area contributed by atoms with Crippen molar-refractivity contribution in [3.05, 3.63) is 24.3 Å². The second-order valence-electron chi connectivity index (χ2n) is 3.85. The van der Waals surface area contributed by atoms with Gasteiger partial charge in [-0.25, -0.2) is 0 Å². The van der Waals surface area contributed by atoms with Crippen molar-refractivity contribution < 1.29 is 9.90 Å². The molecule has 1 atom stereocenters. The molecule has 16 heavy (non-hydrogen) atoms. The lowest BCUT2D eigenvalue weighted by atomic mass is 10.1. The SMILES string of the molecule is CCCC(N)CC(=O)Nc1cccc(O)c1. The van der Waals surface area contributed by atoms with Crippen molar-refractivity contribution in [2.75, 3.05) is 5.32 Å². The van der Waals surface area contributed by atoms with E-state index in [-0.39, 0.29) is 17.7 Å². The number of carbonyl (C=O) groups is 1. The van der Waals surface area contributed by atoms with Crippen LogP contribution in [-0.4, -0.2) is 17.1 Å². The average molecular weight is 222 g/mol.